The van der Waals surface area contributed by atoms with E-state index in [9.17, 15) is 4.79 Å². The highest BCUT2D eigenvalue weighted by Gasteiger charge is 2.47. The maximum absolute atomic E-state index is 12.4. The molecule has 0 radical (unpaired) electrons. The Bertz CT molecular complexity index is 891. The first-order chi connectivity index (χ1) is 12.5. The number of carbonyl (C=O) groups excluding carboxylic acids is 1. The lowest BCUT2D eigenvalue weighted by molar-refractivity contribution is -0.122. The van der Waals surface area contributed by atoms with Crippen molar-refractivity contribution in [3.05, 3.63) is 80.3 Å². The molecule has 1 N–H and O–H groups in total. The third-order valence-electron chi connectivity index (χ3n) is 5.58. The maximum atomic E-state index is 12.4. The van der Waals surface area contributed by atoms with Crippen LogP contribution in [0.25, 0.3) is 0 Å². The number of halogens is 3. The van der Waals surface area contributed by atoms with Gasteiger partial charge < -0.3 is 5.32 Å². The predicted molar refractivity (Wildman–Crippen MR) is 107 cm³/mol. The van der Waals surface area contributed by atoms with Gasteiger partial charge in [0.25, 0.3) is 0 Å². The second-order valence-corrected chi connectivity index (χ2v) is 8.35. The van der Waals surface area contributed by atoms with E-state index in [1.54, 1.807) is 6.07 Å². The van der Waals surface area contributed by atoms with Crippen LogP contribution in [0.15, 0.2) is 54.1 Å². The number of fused-ring (bicyclic) bond motifs is 1. The minimum atomic E-state index is -0.0852. The van der Waals surface area contributed by atoms with E-state index in [0.717, 1.165) is 11.1 Å². The number of benzene rings is 2. The smallest absolute Gasteiger partial charge is 0.227 e. The highest BCUT2D eigenvalue weighted by atomic mass is 35.5. The molecule has 1 aliphatic heterocycles. The molecule has 2 aliphatic rings. The zero-order valence-electron chi connectivity index (χ0n) is 14.2. The number of nitrogens with one attached hydrogen (secondary N) is 1. The van der Waals surface area contributed by atoms with Crippen molar-refractivity contribution in [1.29, 1.82) is 0 Å². The van der Waals surface area contributed by atoms with Crippen molar-refractivity contribution in [3.63, 3.8) is 0 Å². The monoisotopic (exact) mass is 405 g/mol. The second kappa shape index (κ2) is 6.92. The van der Waals surface area contributed by atoms with Gasteiger partial charge in [0.15, 0.2) is 0 Å². The summed E-state index contributed by atoms with van der Waals surface area (Å²) in [4.78, 5) is 12.4. The van der Waals surface area contributed by atoms with Crippen molar-refractivity contribution in [2.45, 2.75) is 18.8 Å². The van der Waals surface area contributed by atoms with Crippen molar-refractivity contribution < 1.29 is 4.79 Å². The van der Waals surface area contributed by atoms with Crippen LogP contribution in [0.2, 0.25) is 15.1 Å². The normalized spacial score (nSPS) is 27.7. The van der Waals surface area contributed by atoms with E-state index in [0.29, 0.717) is 21.6 Å². The Morgan fingerprint density at radius 1 is 1.00 bits per heavy atom. The van der Waals surface area contributed by atoms with Gasteiger partial charge in [-0.1, -0.05) is 64.7 Å². The van der Waals surface area contributed by atoms with Crippen LogP contribution in [-0.2, 0) is 4.79 Å². The van der Waals surface area contributed by atoms with Gasteiger partial charge in [0.2, 0.25) is 5.91 Å². The summed E-state index contributed by atoms with van der Waals surface area (Å²) in [5.41, 5.74) is 3.31. The molecule has 1 fully saturated rings. The number of rotatable bonds is 2. The van der Waals surface area contributed by atoms with Crippen molar-refractivity contribution in [2.75, 3.05) is 6.54 Å². The quantitative estimate of drug-likeness (QED) is 0.624. The highest BCUT2D eigenvalue weighted by Crippen LogP contribution is 2.51. The summed E-state index contributed by atoms with van der Waals surface area (Å²) in [6.45, 7) is 2.71. The molecule has 0 aromatic heterocycles. The van der Waals surface area contributed by atoms with Crippen molar-refractivity contribution in [3.8, 4) is 0 Å². The van der Waals surface area contributed by atoms with Crippen LogP contribution >= 0.6 is 34.8 Å². The number of carbonyl (C=O) groups is 1. The fourth-order valence-electron chi connectivity index (χ4n) is 4.47. The molecule has 0 saturated carbocycles. The van der Waals surface area contributed by atoms with Gasteiger partial charge in [-0.05, 0) is 54.2 Å². The van der Waals surface area contributed by atoms with Gasteiger partial charge in [-0.15, -0.1) is 0 Å². The summed E-state index contributed by atoms with van der Waals surface area (Å²) in [6, 6.07) is 13.6. The average Bonchev–Trinajstić information content (AvgIpc) is 2.98. The van der Waals surface area contributed by atoms with Gasteiger partial charge in [-0.25, -0.2) is 0 Å². The summed E-state index contributed by atoms with van der Waals surface area (Å²) in [5, 5.41) is 5.02. The van der Waals surface area contributed by atoms with E-state index >= 15 is 0 Å². The highest BCUT2D eigenvalue weighted by molar-refractivity contribution is 6.35. The van der Waals surface area contributed by atoms with Gasteiger partial charge in [-0.2, -0.15) is 0 Å². The lowest BCUT2D eigenvalue weighted by atomic mass is 9.64. The first kappa shape index (κ1) is 17.9. The maximum Gasteiger partial charge on any atom is 0.227 e. The summed E-state index contributed by atoms with van der Waals surface area (Å²) >= 11 is 18.7. The van der Waals surface area contributed by atoms with E-state index in [-0.39, 0.29) is 29.6 Å². The first-order valence-electron chi connectivity index (χ1n) is 8.62. The van der Waals surface area contributed by atoms with Crippen molar-refractivity contribution >= 4 is 40.7 Å². The Morgan fingerprint density at radius 2 is 1.69 bits per heavy atom. The number of hydrogen-bond donors (Lipinski definition) is 1. The minimum absolute atomic E-state index is 0.0786. The Kier molecular flexibility index (Phi) is 4.77. The van der Waals surface area contributed by atoms with Gasteiger partial charge in [-0.3, -0.25) is 4.79 Å². The van der Waals surface area contributed by atoms with Crippen LogP contribution < -0.4 is 5.32 Å². The van der Waals surface area contributed by atoms with Crippen LogP contribution in [0.3, 0.4) is 0 Å². The SMILES string of the molecule is CC1=CC(c2ccc(Cl)cc2Cl)[C@H](c2ccc(Cl)cc2)[C@@H]2CNC(=O)[C@H]12. The number of hydrogen-bond acceptors (Lipinski definition) is 1. The summed E-state index contributed by atoms with van der Waals surface area (Å²) in [6.07, 6.45) is 2.19. The molecule has 1 amide bonds. The van der Waals surface area contributed by atoms with Crippen molar-refractivity contribution in [1.82, 2.24) is 5.32 Å². The molecule has 2 aromatic carbocycles. The topological polar surface area (TPSA) is 29.1 Å². The molecule has 134 valence electrons. The molecular formula is C21H18Cl3NO. The van der Waals surface area contributed by atoms with Gasteiger partial charge in [0.1, 0.15) is 0 Å². The van der Waals surface area contributed by atoms with Crippen molar-refractivity contribution in [2.24, 2.45) is 11.8 Å². The fraction of sp³-hybridized carbons (Fsp3) is 0.286. The largest absolute Gasteiger partial charge is 0.355 e. The van der Waals surface area contributed by atoms with Crippen LogP contribution in [0.4, 0.5) is 0 Å². The molecule has 4 rings (SSSR count). The van der Waals surface area contributed by atoms with Crippen LogP contribution in [0.1, 0.15) is 29.9 Å². The molecular weight excluding hydrogens is 389 g/mol. The Hall–Kier alpha value is -1.48. The zero-order valence-corrected chi connectivity index (χ0v) is 16.4. The zero-order chi connectivity index (χ0) is 18.4. The third kappa shape index (κ3) is 3.05. The van der Waals surface area contributed by atoms with E-state index in [2.05, 4.69) is 23.5 Å². The van der Waals surface area contributed by atoms with Gasteiger partial charge >= 0.3 is 0 Å². The second-order valence-electron chi connectivity index (χ2n) is 7.07. The molecule has 0 bridgehead atoms. The first-order valence-corrected chi connectivity index (χ1v) is 9.75. The summed E-state index contributed by atoms with van der Waals surface area (Å²) < 4.78 is 0. The standard InChI is InChI=1S/C21H18Cl3NO/c1-11-8-16(15-7-6-14(23)9-18(15)24)20(12-2-4-13(22)5-3-12)17-10-25-21(26)19(11)17/h2-9,16-17,19-20H,10H2,1H3,(H,25,26)/t16?,17-,19-,20+/m1/s1. The van der Waals surface area contributed by atoms with Crippen LogP contribution in [0, 0.1) is 11.8 Å². The molecule has 1 saturated heterocycles. The number of allylic oxidation sites excluding steroid dienone is 1. The van der Waals surface area contributed by atoms with Crippen LogP contribution in [-0.4, -0.2) is 12.5 Å². The van der Waals surface area contributed by atoms with E-state index in [1.165, 1.54) is 5.56 Å². The summed E-state index contributed by atoms with van der Waals surface area (Å²) in [7, 11) is 0. The lowest BCUT2D eigenvalue weighted by Gasteiger charge is -2.38. The molecule has 5 heteroatoms. The van der Waals surface area contributed by atoms with Crippen LogP contribution in [0.5, 0.6) is 0 Å². The molecule has 0 spiro atoms. The molecule has 1 heterocycles. The average molecular weight is 407 g/mol. The molecule has 1 aliphatic carbocycles. The third-order valence-corrected chi connectivity index (χ3v) is 6.39. The fourth-order valence-corrected chi connectivity index (χ4v) is 5.13. The van der Waals surface area contributed by atoms with E-state index in [4.69, 9.17) is 34.8 Å². The molecule has 2 nitrogen and oxygen atoms in total. The molecule has 4 atom stereocenters. The molecule has 1 unspecified atom stereocenters. The summed E-state index contributed by atoms with van der Waals surface area (Å²) in [5.74, 6) is 0.431. The van der Waals surface area contributed by atoms with Gasteiger partial charge in [0, 0.05) is 27.5 Å². The lowest BCUT2D eigenvalue weighted by Crippen LogP contribution is -2.31. The van der Waals surface area contributed by atoms with Gasteiger partial charge in [0.05, 0.1) is 5.92 Å². The van der Waals surface area contributed by atoms with E-state index in [1.807, 2.05) is 31.2 Å². The Morgan fingerprint density at radius 3 is 2.38 bits per heavy atom. The Labute approximate surface area is 168 Å². The molecule has 2 aromatic rings. The van der Waals surface area contributed by atoms with E-state index < -0.39 is 0 Å². The number of amides is 1. The minimum Gasteiger partial charge on any atom is -0.355 e. The predicted octanol–water partition coefficient (Wildman–Crippen LogP) is 5.84. The Balaban J connectivity index is 1.87. The molecule has 26 heavy (non-hydrogen) atoms.